The maximum absolute atomic E-state index is 13.6. The molecule has 3 aromatic heterocycles. The second kappa shape index (κ2) is 10.7. The highest BCUT2D eigenvalue weighted by Crippen LogP contribution is 2.33. The third kappa shape index (κ3) is 5.77. The molecule has 0 aliphatic carbocycles. The van der Waals surface area contributed by atoms with Gasteiger partial charge in [-0.15, -0.1) is 0 Å². The normalized spacial score (nSPS) is 12.4. The summed E-state index contributed by atoms with van der Waals surface area (Å²) in [6.45, 7) is 11.2. The molecule has 5 rings (SSSR count). The number of hydrogen-bond donors (Lipinski definition) is 1. The van der Waals surface area contributed by atoms with Crippen LogP contribution in [0.4, 0.5) is 5.69 Å². The van der Waals surface area contributed by atoms with Crippen LogP contribution >= 0.6 is 0 Å². The lowest BCUT2D eigenvalue weighted by atomic mass is 9.98. The second-order valence-electron chi connectivity index (χ2n) is 11.4. The van der Waals surface area contributed by atoms with E-state index in [-0.39, 0.29) is 11.5 Å². The Morgan fingerprint density at radius 1 is 1.05 bits per heavy atom. The molecule has 0 radical (unpaired) electrons. The fourth-order valence-corrected chi connectivity index (χ4v) is 4.82. The number of anilines is 1. The molecule has 8 nitrogen and oxygen atoms in total. The molecule has 41 heavy (non-hydrogen) atoms. The average Bonchev–Trinajstić information content (AvgIpc) is 3.36. The van der Waals surface area contributed by atoms with Crippen molar-refractivity contribution in [2.75, 3.05) is 5.32 Å². The summed E-state index contributed by atoms with van der Waals surface area (Å²) in [5.41, 5.74) is 5.28. The maximum atomic E-state index is 13.6. The molecule has 0 aliphatic heterocycles. The number of benzene rings is 2. The zero-order valence-corrected chi connectivity index (χ0v) is 24.4. The summed E-state index contributed by atoms with van der Waals surface area (Å²) in [5.74, 6) is 0.0574. The highest BCUT2D eigenvalue weighted by Gasteiger charge is 2.23. The predicted octanol–water partition coefficient (Wildman–Crippen LogP) is 7.00. The molecule has 0 unspecified atom stereocenters. The number of nitrogens with zero attached hydrogens (tertiary/aromatic N) is 3. The van der Waals surface area contributed by atoms with E-state index in [0.29, 0.717) is 39.1 Å². The summed E-state index contributed by atoms with van der Waals surface area (Å²) in [6, 6.07) is 14.6. The first-order valence-electron chi connectivity index (χ1n) is 13.5. The number of para-hydroxylation sites is 1. The lowest BCUT2D eigenvalue weighted by Gasteiger charge is -2.23. The van der Waals surface area contributed by atoms with Crippen molar-refractivity contribution in [3.8, 4) is 22.7 Å². The van der Waals surface area contributed by atoms with Gasteiger partial charge in [-0.05, 0) is 77.4 Å². The van der Waals surface area contributed by atoms with E-state index in [9.17, 15) is 9.59 Å². The Kier molecular flexibility index (Phi) is 7.26. The number of fused-ring (bicyclic) bond motifs is 1. The molecule has 0 fully saturated rings. The van der Waals surface area contributed by atoms with E-state index in [1.165, 1.54) is 0 Å². The molecule has 8 heteroatoms. The molecule has 5 aromatic rings. The van der Waals surface area contributed by atoms with Crippen molar-refractivity contribution in [3.63, 3.8) is 0 Å². The monoisotopic (exact) mass is 550 g/mol. The molecule has 0 bridgehead atoms. The van der Waals surface area contributed by atoms with E-state index in [0.717, 1.165) is 22.5 Å². The number of carbonyl (C=O) groups excluding carboxylic acids is 1. The van der Waals surface area contributed by atoms with Gasteiger partial charge in [-0.3, -0.25) is 9.78 Å². The summed E-state index contributed by atoms with van der Waals surface area (Å²) < 4.78 is 14.0. The summed E-state index contributed by atoms with van der Waals surface area (Å²) in [6.07, 6.45) is 5.32. The lowest BCUT2D eigenvalue weighted by Crippen LogP contribution is -2.24. The van der Waals surface area contributed by atoms with E-state index in [4.69, 9.17) is 9.15 Å². The van der Waals surface area contributed by atoms with Crippen LogP contribution in [-0.4, -0.2) is 26.1 Å². The SMILES string of the molecule is Cc1cc([C@@H](C)Nc2ccccc2C(=O)OC(C)(C)C)c2oc(-c3ccc(-c4cn(C)cn4)nc3)c(C)c(=O)c2c1. The van der Waals surface area contributed by atoms with Gasteiger partial charge in [0.1, 0.15) is 22.6 Å². The summed E-state index contributed by atoms with van der Waals surface area (Å²) in [5, 5.41) is 3.96. The van der Waals surface area contributed by atoms with Crippen molar-refractivity contribution >= 4 is 22.6 Å². The molecular weight excluding hydrogens is 516 g/mol. The van der Waals surface area contributed by atoms with Crippen molar-refractivity contribution in [1.29, 1.82) is 0 Å². The van der Waals surface area contributed by atoms with Crippen molar-refractivity contribution in [2.45, 2.75) is 53.2 Å². The van der Waals surface area contributed by atoms with Crippen LogP contribution in [0.5, 0.6) is 0 Å². The fourth-order valence-electron chi connectivity index (χ4n) is 4.82. The Morgan fingerprint density at radius 3 is 2.46 bits per heavy atom. The van der Waals surface area contributed by atoms with Gasteiger partial charge in [0.25, 0.3) is 0 Å². The Labute approximate surface area is 239 Å². The minimum absolute atomic E-state index is 0.0960. The Bertz CT molecular complexity index is 1810. The molecule has 0 aliphatic rings. The average molecular weight is 551 g/mol. The van der Waals surface area contributed by atoms with Crippen molar-refractivity contribution in [3.05, 3.63) is 99.7 Å². The zero-order valence-electron chi connectivity index (χ0n) is 24.4. The number of rotatable bonds is 6. The number of ether oxygens (including phenoxy) is 1. The van der Waals surface area contributed by atoms with Crippen LogP contribution in [0.3, 0.4) is 0 Å². The first kappa shape index (κ1) is 27.8. The minimum Gasteiger partial charge on any atom is -0.456 e. The van der Waals surface area contributed by atoms with Crippen LogP contribution in [0, 0.1) is 13.8 Å². The van der Waals surface area contributed by atoms with Gasteiger partial charge >= 0.3 is 5.97 Å². The van der Waals surface area contributed by atoms with Crippen molar-refractivity contribution < 1.29 is 13.9 Å². The van der Waals surface area contributed by atoms with Crippen molar-refractivity contribution in [1.82, 2.24) is 14.5 Å². The van der Waals surface area contributed by atoms with Gasteiger partial charge in [0.2, 0.25) is 0 Å². The van der Waals surface area contributed by atoms with Crippen LogP contribution in [0.1, 0.15) is 60.8 Å². The summed E-state index contributed by atoms with van der Waals surface area (Å²) >= 11 is 0. The number of carbonyl (C=O) groups is 1. The second-order valence-corrected chi connectivity index (χ2v) is 11.4. The van der Waals surface area contributed by atoms with E-state index in [1.54, 1.807) is 31.6 Å². The van der Waals surface area contributed by atoms with Crippen LogP contribution in [0.2, 0.25) is 0 Å². The molecule has 2 aromatic carbocycles. The molecule has 1 atom stereocenters. The number of esters is 1. The van der Waals surface area contributed by atoms with Crippen molar-refractivity contribution in [2.24, 2.45) is 7.05 Å². The van der Waals surface area contributed by atoms with E-state index in [2.05, 4.69) is 15.3 Å². The third-order valence-electron chi connectivity index (χ3n) is 6.77. The van der Waals surface area contributed by atoms with Gasteiger partial charge in [0.15, 0.2) is 5.43 Å². The molecule has 1 N–H and O–H groups in total. The maximum Gasteiger partial charge on any atom is 0.340 e. The predicted molar refractivity (Wildman–Crippen MR) is 161 cm³/mol. The number of nitrogens with one attached hydrogen (secondary N) is 1. The largest absolute Gasteiger partial charge is 0.456 e. The van der Waals surface area contributed by atoms with Crippen LogP contribution in [0.25, 0.3) is 33.7 Å². The number of hydrogen-bond acceptors (Lipinski definition) is 7. The van der Waals surface area contributed by atoms with E-state index >= 15 is 0 Å². The molecule has 0 spiro atoms. The van der Waals surface area contributed by atoms with Gasteiger partial charge in [0, 0.05) is 41.8 Å². The number of pyridine rings is 1. The fraction of sp³-hybridized carbons (Fsp3) is 0.273. The lowest BCUT2D eigenvalue weighted by molar-refractivity contribution is 0.00706. The topological polar surface area (TPSA) is 99.2 Å². The van der Waals surface area contributed by atoms with Gasteiger partial charge in [-0.1, -0.05) is 18.2 Å². The van der Waals surface area contributed by atoms with Crippen LogP contribution < -0.4 is 10.7 Å². The molecule has 210 valence electrons. The van der Waals surface area contributed by atoms with Gasteiger partial charge < -0.3 is 19.0 Å². The highest BCUT2D eigenvalue weighted by molar-refractivity contribution is 5.96. The number of imidazole rings is 1. The Morgan fingerprint density at radius 2 is 1.80 bits per heavy atom. The first-order valence-corrected chi connectivity index (χ1v) is 13.5. The standard InChI is InChI=1S/C33H34N4O4/c1-19-14-24(21(3)36-26-11-9-8-10-23(26)32(39)41-33(4,5)6)31-25(15-19)29(38)20(2)30(40-31)22-12-13-27(34-16-22)28-17-37(7)18-35-28/h8-18,21,36H,1-7H3/t21-/m1/s1. The number of aryl methyl sites for hydroxylation is 2. The first-order chi connectivity index (χ1) is 19.4. The van der Waals surface area contributed by atoms with Gasteiger partial charge in [-0.2, -0.15) is 0 Å². The quantitative estimate of drug-likeness (QED) is 0.227. The molecule has 0 saturated heterocycles. The number of aromatic nitrogens is 3. The zero-order chi connectivity index (χ0) is 29.5. The molecule has 0 amide bonds. The van der Waals surface area contributed by atoms with Gasteiger partial charge in [0.05, 0.1) is 29.0 Å². The van der Waals surface area contributed by atoms with Crippen LogP contribution in [-0.2, 0) is 11.8 Å². The molecular formula is C33H34N4O4. The summed E-state index contributed by atoms with van der Waals surface area (Å²) in [4.78, 5) is 35.5. The minimum atomic E-state index is -0.620. The van der Waals surface area contributed by atoms with E-state index in [1.807, 2.05) is 88.8 Å². The Balaban J connectivity index is 1.55. The smallest absolute Gasteiger partial charge is 0.340 e. The van der Waals surface area contributed by atoms with Crippen LogP contribution in [0.15, 0.2) is 76.5 Å². The third-order valence-corrected chi connectivity index (χ3v) is 6.77. The Hall–Kier alpha value is -4.72. The van der Waals surface area contributed by atoms with E-state index < -0.39 is 11.6 Å². The summed E-state index contributed by atoms with van der Waals surface area (Å²) in [7, 11) is 1.91. The highest BCUT2D eigenvalue weighted by atomic mass is 16.6. The molecule has 0 saturated carbocycles. The molecule has 3 heterocycles. The van der Waals surface area contributed by atoms with Gasteiger partial charge in [-0.25, -0.2) is 9.78 Å².